The van der Waals surface area contributed by atoms with Crippen LogP contribution in [-0.2, 0) is 6.42 Å². The van der Waals surface area contributed by atoms with E-state index in [0.29, 0.717) is 18.0 Å². The number of methoxy groups -OCH3 is 2. The van der Waals surface area contributed by atoms with Gasteiger partial charge in [0.2, 0.25) is 0 Å². The molecule has 0 aliphatic carbocycles. The highest BCUT2D eigenvalue weighted by atomic mass is 19.1. The number of hydrogen-bond donors (Lipinski definition) is 1. The first-order chi connectivity index (χ1) is 10.7. The van der Waals surface area contributed by atoms with Crippen molar-refractivity contribution >= 4 is 0 Å². The lowest BCUT2D eigenvalue weighted by atomic mass is 9.89. The highest BCUT2D eigenvalue weighted by Gasteiger charge is 2.28. The van der Waals surface area contributed by atoms with E-state index in [0.717, 1.165) is 17.5 Å². The summed E-state index contributed by atoms with van der Waals surface area (Å²) in [4.78, 5) is 0. The fourth-order valence-electron chi connectivity index (χ4n) is 2.93. The Morgan fingerprint density at radius 2 is 1.68 bits per heavy atom. The molecule has 0 amide bonds. The lowest BCUT2D eigenvalue weighted by Crippen LogP contribution is -2.32. The summed E-state index contributed by atoms with van der Waals surface area (Å²) < 4.78 is 38.8. The Kier molecular flexibility index (Phi) is 3.98. The number of ether oxygens (including phenoxy) is 2. The Morgan fingerprint density at radius 1 is 1.05 bits per heavy atom. The smallest absolute Gasteiger partial charge is 0.161 e. The molecule has 0 saturated heterocycles. The third kappa shape index (κ3) is 2.41. The Balaban J connectivity index is 2.15. The Hall–Kier alpha value is -2.14. The summed E-state index contributed by atoms with van der Waals surface area (Å²) in [6.07, 6.45) is 0.766. The Bertz CT molecular complexity index is 683. The van der Waals surface area contributed by atoms with Crippen molar-refractivity contribution < 1.29 is 18.3 Å². The first kappa shape index (κ1) is 14.8. The van der Waals surface area contributed by atoms with Gasteiger partial charge in [-0.15, -0.1) is 0 Å². The van der Waals surface area contributed by atoms with E-state index in [1.807, 2.05) is 6.07 Å². The van der Waals surface area contributed by atoms with Crippen LogP contribution in [0.25, 0.3) is 0 Å². The summed E-state index contributed by atoms with van der Waals surface area (Å²) in [6.45, 7) is 0.640. The van der Waals surface area contributed by atoms with E-state index in [1.165, 1.54) is 18.2 Å². The molecular weight excluding hydrogens is 288 g/mol. The molecule has 0 spiro atoms. The normalized spacial score (nSPS) is 17.0. The van der Waals surface area contributed by atoms with Crippen LogP contribution in [0.4, 0.5) is 8.78 Å². The average Bonchev–Trinajstić information content (AvgIpc) is 2.53. The van der Waals surface area contributed by atoms with Gasteiger partial charge in [0, 0.05) is 12.1 Å². The van der Waals surface area contributed by atoms with Gasteiger partial charge in [-0.25, -0.2) is 8.78 Å². The maximum Gasteiger partial charge on any atom is 0.161 e. The molecule has 0 saturated carbocycles. The van der Waals surface area contributed by atoms with Crippen molar-refractivity contribution in [1.29, 1.82) is 0 Å². The van der Waals surface area contributed by atoms with E-state index < -0.39 is 17.7 Å². The number of halogens is 2. The molecule has 3 nitrogen and oxygen atoms in total. The van der Waals surface area contributed by atoms with Gasteiger partial charge in [0.1, 0.15) is 11.6 Å². The van der Waals surface area contributed by atoms with Crippen molar-refractivity contribution in [3.05, 3.63) is 58.7 Å². The van der Waals surface area contributed by atoms with Crippen molar-refractivity contribution in [2.45, 2.75) is 12.5 Å². The third-order valence-corrected chi connectivity index (χ3v) is 3.99. The third-order valence-electron chi connectivity index (χ3n) is 3.99. The van der Waals surface area contributed by atoms with Gasteiger partial charge in [0.25, 0.3) is 0 Å². The molecule has 2 aromatic rings. The van der Waals surface area contributed by atoms with E-state index in [4.69, 9.17) is 9.47 Å². The van der Waals surface area contributed by atoms with Gasteiger partial charge in [-0.1, -0.05) is 6.07 Å². The Labute approximate surface area is 127 Å². The number of benzene rings is 2. The highest BCUT2D eigenvalue weighted by molar-refractivity contribution is 5.51. The van der Waals surface area contributed by atoms with Gasteiger partial charge in [0.05, 0.1) is 20.3 Å². The fourth-order valence-corrected chi connectivity index (χ4v) is 2.93. The maximum atomic E-state index is 14.1. The average molecular weight is 305 g/mol. The molecule has 1 atom stereocenters. The number of hydrogen-bond acceptors (Lipinski definition) is 3. The van der Waals surface area contributed by atoms with Crippen LogP contribution in [0.5, 0.6) is 11.5 Å². The summed E-state index contributed by atoms with van der Waals surface area (Å²) in [7, 11) is 3.11. The second kappa shape index (κ2) is 5.93. The van der Waals surface area contributed by atoms with E-state index in [-0.39, 0.29) is 5.56 Å². The second-order valence-corrected chi connectivity index (χ2v) is 5.18. The lowest BCUT2D eigenvalue weighted by Gasteiger charge is -2.29. The standard InChI is InChI=1S/C17H17F2NO2/c1-21-14-8-10-6-7-20-17(11(10)9-15(14)22-2)16-12(18)4-3-5-13(16)19/h3-5,8-9,17,20H,6-7H2,1-2H3/t17-/m1/s1. The van der Waals surface area contributed by atoms with Gasteiger partial charge in [0.15, 0.2) is 11.5 Å². The molecule has 2 aromatic carbocycles. The molecule has 1 N–H and O–H groups in total. The molecule has 0 radical (unpaired) electrons. The van der Waals surface area contributed by atoms with Crippen LogP contribution in [0.3, 0.4) is 0 Å². The minimum absolute atomic E-state index is 0.0377. The van der Waals surface area contributed by atoms with E-state index in [9.17, 15) is 8.78 Å². The molecule has 1 aliphatic rings. The Morgan fingerprint density at radius 3 is 2.32 bits per heavy atom. The zero-order valence-corrected chi connectivity index (χ0v) is 12.5. The van der Waals surface area contributed by atoms with Crippen LogP contribution in [0.1, 0.15) is 22.7 Å². The summed E-state index contributed by atoms with van der Waals surface area (Å²) in [5.74, 6) is 0.0582. The van der Waals surface area contributed by atoms with E-state index >= 15 is 0 Å². The lowest BCUT2D eigenvalue weighted by molar-refractivity contribution is 0.352. The minimum atomic E-state index is -0.555. The zero-order valence-electron chi connectivity index (χ0n) is 12.5. The first-order valence-corrected chi connectivity index (χ1v) is 7.07. The minimum Gasteiger partial charge on any atom is -0.493 e. The molecule has 0 fully saturated rings. The number of rotatable bonds is 3. The molecule has 1 aliphatic heterocycles. The van der Waals surface area contributed by atoms with Gasteiger partial charge in [-0.05, 0) is 41.8 Å². The van der Waals surface area contributed by atoms with Crippen molar-refractivity contribution in [3.8, 4) is 11.5 Å². The van der Waals surface area contributed by atoms with Gasteiger partial charge in [-0.2, -0.15) is 0 Å². The van der Waals surface area contributed by atoms with Gasteiger partial charge < -0.3 is 14.8 Å². The topological polar surface area (TPSA) is 30.5 Å². The fraction of sp³-hybridized carbons (Fsp3) is 0.294. The summed E-state index contributed by atoms with van der Waals surface area (Å²) >= 11 is 0. The van der Waals surface area contributed by atoms with E-state index in [1.54, 1.807) is 20.3 Å². The quantitative estimate of drug-likeness (QED) is 0.944. The van der Waals surface area contributed by atoms with Gasteiger partial charge in [-0.3, -0.25) is 0 Å². The van der Waals surface area contributed by atoms with Crippen LogP contribution in [0, 0.1) is 11.6 Å². The van der Waals surface area contributed by atoms with Crippen LogP contribution < -0.4 is 14.8 Å². The molecule has 5 heteroatoms. The van der Waals surface area contributed by atoms with Crippen molar-refractivity contribution in [3.63, 3.8) is 0 Å². The largest absolute Gasteiger partial charge is 0.493 e. The number of nitrogens with one attached hydrogen (secondary N) is 1. The first-order valence-electron chi connectivity index (χ1n) is 7.07. The summed E-state index contributed by atoms with van der Waals surface area (Å²) in [6, 6.07) is 7.04. The van der Waals surface area contributed by atoms with Crippen molar-refractivity contribution in [2.75, 3.05) is 20.8 Å². The molecule has 0 bridgehead atoms. The monoisotopic (exact) mass is 305 g/mol. The highest BCUT2D eigenvalue weighted by Crippen LogP contribution is 2.38. The predicted octanol–water partition coefficient (Wildman–Crippen LogP) is 3.22. The SMILES string of the molecule is COc1cc2c(cc1OC)[C@H](c1c(F)cccc1F)NCC2. The zero-order chi connectivity index (χ0) is 15.7. The predicted molar refractivity (Wildman–Crippen MR) is 79.5 cm³/mol. The second-order valence-electron chi connectivity index (χ2n) is 5.18. The van der Waals surface area contributed by atoms with Crippen molar-refractivity contribution in [2.24, 2.45) is 0 Å². The summed E-state index contributed by atoms with van der Waals surface area (Å²) in [5, 5.41) is 3.19. The molecule has 0 aromatic heterocycles. The maximum absolute atomic E-state index is 14.1. The van der Waals surface area contributed by atoms with E-state index in [2.05, 4.69) is 5.32 Å². The molecule has 22 heavy (non-hydrogen) atoms. The van der Waals surface area contributed by atoms with Crippen molar-refractivity contribution in [1.82, 2.24) is 5.32 Å². The summed E-state index contributed by atoms with van der Waals surface area (Å²) in [5.41, 5.74) is 1.85. The molecule has 116 valence electrons. The van der Waals surface area contributed by atoms with Crippen LogP contribution in [0.15, 0.2) is 30.3 Å². The van der Waals surface area contributed by atoms with Gasteiger partial charge >= 0.3 is 0 Å². The van der Waals surface area contributed by atoms with Crippen LogP contribution in [0.2, 0.25) is 0 Å². The molecule has 0 unspecified atom stereocenters. The molecule has 3 rings (SSSR count). The van der Waals surface area contributed by atoms with Crippen LogP contribution >= 0.6 is 0 Å². The molecule has 1 heterocycles. The molecular formula is C17H17F2NO2. The number of fused-ring (bicyclic) bond motifs is 1. The van der Waals surface area contributed by atoms with Crippen LogP contribution in [-0.4, -0.2) is 20.8 Å².